The van der Waals surface area contributed by atoms with Gasteiger partial charge in [-0.25, -0.2) is 0 Å². The van der Waals surface area contributed by atoms with Gasteiger partial charge in [0.15, 0.2) is 8.68 Å². The molecule has 4 aromatic rings. The molecule has 2 saturated heterocycles. The first kappa shape index (κ1) is 57.1. The van der Waals surface area contributed by atoms with E-state index in [-0.39, 0.29) is 140 Å². The first-order valence-electron chi connectivity index (χ1n) is 18.9. The molecule has 2 fully saturated rings. The molecule has 8 rings (SSSR count). The minimum Gasteiger partial charge on any atom is -0.543 e. The molecule has 4 atom stereocenters. The van der Waals surface area contributed by atoms with E-state index in [0.717, 1.165) is 55.1 Å². The largest absolute Gasteiger partial charge is 1.00 e. The molecule has 8 heterocycles. The zero-order chi connectivity index (χ0) is 49.1. The van der Waals surface area contributed by atoms with Crippen molar-refractivity contribution in [1.82, 2.24) is 50.3 Å². The van der Waals surface area contributed by atoms with E-state index in [4.69, 9.17) is 21.0 Å². The molecule has 0 radical (unpaired) electrons. The fraction of sp³-hybridized carbons (Fsp3) is 0.353. The summed E-state index contributed by atoms with van der Waals surface area (Å²) in [6.45, 7) is 0. The Morgan fingerprint density at radius 3 is 1.34 bits per heavy atom. The molecule has 26 nitrogen and oxygen atoms in total. The summed E-state index contributed by atoms with van der Waals surface area (Å²) in [5.74, 6) is -6.42. The number of nitrogens with zero attached hydrogens (tertiary/aromatic N) is 8. The number of carboxylic acid groups (broad SMARTS) is 4. The smallest absolute Gasteiger partial charge is 0.543 e. The Bertz CT molecular complexity index is 2740. The van der Waals surface area contributed by atoms with E-state index >= 15 is 0 Å². The topological polar surface area (TPSA) is 403 Å². The van der Waals surface area contributed by atoms with Crippen LogP contribution >= 0.6 is 92.4 Å². The predicted octanol–water partition coefficient (Wildman–Crippen LogP) is -9.02. The zero-order valence-electron chi connectivity index (χ0n) is 35.8. The van der Waals surface area contributed by atoms with Crippen LogP contribution < -0.4 is 89.6 Å². The number of thiazole rings is 2. The van der Waals surface area contributed by atoms with Gasteiger partial charge < -0.3 is 51.1 Å². The van der Waals surface area contributed by atoms with Gasteiger partial charge in [0.05, 0.1) is 60.4 Å². The van der Waals surface area contributed by atoms with Gasteiger partial charge in [0.2, 0.25) is 21.4 Å². The van der Waals surface area contributed by atoms with Gasteiger partial charge in [-0.15, -0.1) is 66.6 Å². The third-order valence-corrected chi connectivity index (χ3v) is 18.1. The Morgan fingerprint density at radius 1 is 0.657 bits per heavy atom. The summed E-state index contributed by atoms with van der Waals surface area (Å²) < 4.78 is 2.11. The average molecular weight is 1130 g/mol. The van der Waals surface area contributed by atoms with Crippen LogP contribution in [0.25, 0.3) is 0 Å². The second-order valence-electron chi connectivity index (χ2n) is 14.1. The predicted molar refractivity (Wildman–Crippen MR) is 236 cm³/mol. The molecule has 70 heavy (non-hydrogen) atoms. The summed E-state index contributed by atoms with van der Waals surface area (Å²) in [5, 5.41) is 98.4. The minimum atomic E-state index is -1.51. The molecule has 4 aliphatic heterocycles. The second kappa shape index (κ2) is 24.8. The van der Waals surface area contributed by atoms with Crippen LogP contribution in [0.4, 0.5) is 0 Å². The first-order valence-corrected chi connectivity index (χ1v) is 26.3. The summed E-state index contributed by atoms with van der Waals surface area (Å²) in [5.41, 5.74) is 0.804. The Balaban J connectivity index is 0.000000254. The molecular formula is C34H30N12Na2O14S8. The van der Waals surface area contributed by atoms with Crippen LogP contribution in [0.5, 0.6) is 0 Å². The van der Waals surface area contributed by atoms with Gasteiger partial charge in [0.1, 0.15) is 32.8 Å². The molecule has 4 aliphatic rings. The SMILES string of the molecule is N=c1scc(CC(=O)NC2C(=O)N3C(C(=O)[O-])=C(CSc4nnc(CC(=O)O)s4)CS[C@H]23)n1O.N=c1scc(CC(=O)NC2C(=O)N3C(C(=O)[O-])=C(CSc4nnc(CC(=O)O)s4)CS[C@H]23)n1O.[Na+].[Na+]. The van der Waals surface area contributed by atoms with Gasteiger partial charge in [-0.05, 0) is 11.1 Å². The number of β-lactam (4-membered cyclic amide) rings is 2. The molecule has 0 aromatic carbocycles. The molecule has 4 aromatic heterocycles. The van der Waals surface area contributed by atoms with Crippen molar-refractivity contribution in [2.45, 2.75) is 57.2 Å². The van der Waals surface area contributed by atoms with Gasteiger partial charge >= 0.3 is 71.1 Å². The number of aromatic nitrogens is 6. The maximum Gasteiger partial charge on any atom is 1.00 e. The molecule has 8 N–H and O–H groups in total. The number of nitrogens with one attached hydrogen (secondary N) is 4. The second-order valence-corrected chi connectivity index (χ2v) is 22.6. The van der Waals surface area contributed by atoms with Gasteiger partial charge in [0.25, 0.3) is 11.8 Å². The Labute approximate surface area is 468 Å². The maximum atomic E-state index is 12.7. The fourth-order valence-electron chi connectivity index (χ4n) is 6.58. The molecule has 0 spiro atoms. The van der Waals surface area contributed by atoms with Crippen LogP contribution in [0.1, 0.15) is 21.4 Å². The van der Waals surface area contributed by atoms with Gasteiger partial charge in [-0.1, -0.05) is 46.2 Å². The van der Waals surface area contributed by atoms with E-state index in [1.54, 1.807) is 0 Å². The van der Waals surface area contributed by atoms with E-state index in [2.05, 4.69) is 31.0 Å². The van der Waals surface area contributed by atoms with Gasteiger partial charge in [0, 0.05) is 33.8 Å². The molecule has 36 heteroatoms. The molecule has 0 bridgehead atoms. The molecule has 4 amide bonds. The van der Waals surface area contributed by atoms with Crippen LogP contribution in [0.3, 0.4) is 0 Å². The standard InChI is InChI=1S/2C17H16N6O7S4.2Na/c2*18-16-23(30)7(5-32-16)1-8(24)19-11-13(27)22-12(15(28)29)6(3-31-14(11)22)4-33-17-21-20-9(34-17)2-10(25)26;;/h2*5,11,14,18,30H,1-4H2,(H,19,24)(H,25,26)(H,28,29);;/q;;2*+1/p-2/t2*11?,14-;;/m11../s1. The molecule has 360 valence electrons. The van der Waals surface area contributed by atoms with Crippen molar-refractivity contribution in [3.05, 3.63) is 64.3 Å². The van der Waals surface area contributed by atoms with E-state index in [9.17, 15) is 59.0 Å². The third-order valence-electron chi connectivity index (χ3n) is 9.58. The summed E-state index contributed by atoms with van der Waals surface area (Å²) in [4.78, 5) is 97.2. The number of carbonyl (C=O) groups is 8. The summed E-state index contributed by atoms with van der Waals surface area (Å²) in [6, 6.07) is -1.85. The number of amides is 4. The summed E-state index contributed by atoms with van der Waals surface area (Å²) >= 11 is 9.04. The van der Waals surface area contributed by atoms with Crippen LogP contribution in [0.15, 0.2) is 42.0 Å². The first-order chi connectivity index (χ1) is 32.3. The summed E-state index contributed by atoms with van der Waals surface area (Å²) in [6.07, 6.45) is -1.01. The third kappa shape index (κ3) is 13.1. The van der Waals surface area contributed by atoms with Gasteiger partial charge in [-0.2, -0.15) is 9.46 Å². The number of hydrogen-bond acceptors (Lipinski definition) is 26. The molecule has 0 aliphatic carbocycles. The number of rotatable bonds is 18. The Hall–Kier alpha value is -3.78. The Kier molecular flexibility index (Phi) is 20.2. The zero-order valence-corrected chi connectivity index (χ0v) is 46.4. The molecular weight excluding hydrogens is 1100 g/mol. The van der Waals surface area contributed by atoms with Crippen molar-refractivity contribution in [3.63, 3.8) is 0 Å². The van der Waals surface area contributed by atoms with E-state index in [1.165, 1.54) is 57.8 Å². The maximum absolute atomic E-state index is 12.7. The molecule has 0 saturated carbocycles. The monoisotopic (exact) mass is 1130 g/mol. The number of carbonyl (C=O) groups excluding carboxylic acids is 6. The fourth-order valence-corrected chi connectivity index (χ4v) is 14.6. The van der Waals surface area contributed by atoms with Crippen molar-refractivity contribution in [2.24, 2.45) is 0 Å². The van der Waals surface area contributed by atoms with Crippen molar-refractivity contribution >= 4 is 140 Å². The quantitative estimate of drug-likeness (QED) is 0.0198. The van der Waals surface area contributed by atoms with Crippen LogP contribution in [-0.2, 0) is 64.0 Å². The van der Waals surface area contributed by atoms with Crippen molar-refractivity contribution < 1.29 is 128 Å². The number of thioether (sulfide) groups is 4. The van der Waals surface area contributed by atoms with Crippen LogP contribution in [0.2, 0.25) is 0 Å². The normalized spacial score (nSPS) is 19.0. The number of fused-ring (bicyclic) bond motifs is 2. The number of hydrogen-bond donors (Lipinski definition) is 8. The van der Waals surface area contributed by atoms with Crippen molar-refractivity contribution in [3.8, 4) is 0 Å². The van der Waals surface area contributed by atoms with E-state index < -0.39 is 70.3 Å². The van der Waals surface area contributed by atoms with E-state index in [0.29, 0.717) is 39.3 Å². The molecule has 2 unspecified atom stereocenters. The Morgan fingerprint density at radius 2 is 1.03 bits per heavy atom. The van der Waals surface area contributed by atoms with Crippen LogP contribution in [0, 0.1) is 10.8 Å². The number of carboxylic acids is 4. The average Bonchev–Trinajstić information content (AvgIpc) is 4.08. The van der Waals surface area contributed by atoms with Crippen molar-refractivity contribution in [2.75, 3.05) is 23.0 Å². The minimum absolute atomic E-state index is 0. The van der Waals surface area contributed by atoms with Gasteiger partial charge in [-0.3, -0.25) is 49.4 Å². The van der Waals surface area contributed by atoms with Crippen LogP contribution in [-0.4, -0.2) is 154 Å². The van der Waals surface area contributed by atoms with Crippen molar-refractivity contribution in [1.29, 1.82) is 10.8 Å². The van der Waals surface area contributed by atoms with E-state index in [1.807, 2.05) is 0 Å². The summed E-state index contributed by atoms with van der Waals surface area (Å²) in [7, 11) is 0. The number of aliphatic carboxylic acids is 4.